The Labute approximate surface area is 108 Å². The highest BCUT2D eigenvalue weighted by Crippen LogP contribution is 2.22. The van der Waals surface area contributed by atoms with Crippen molar-refractivity contribution in [3.63, 3.8) is 0 Å². The zero-order valence-electron chi connectivity index (χ0n) is 10.4. The van der Waals surface area contributed by atoms with Gasteiger partial charge in [-0.05, 0) is 41.8 Å². The molecule has 1 radical (unpaired) electrons. The number of benzene rings is 2. The molecule has 0 aliphatic heterocycles. The zero-order valence-corrected chi connectivity index (χ0v) is 10.4. The van der Waals surface area contributed by atoms with Crippen molar-refractivity contribution in [2.24, 2.45) is 0 Å². The SMILES string of the molecule is OCCCNCc1c[c]ccc1-c1ccccc1. The molecule has 0 spiro atoms. The summed E-state index contributed by atoms with van der Waals surface area (Å²) in [6, 6.07) is 19.5. The molecule has 2 aromatic carbocycles. The Morgan fingerprint density at radius 1 is 1.11 bits per heavy atom. The Morgan fingerprint density at radius 3 is 2.72 bits per heavy atom. The van der Waals surface area contributed by atoms with Crippen LogP contribution in [-0.2, 0) is 6.54 Å². The lowest BCUT2D eigenvalue weighted by Crippen LogP contribution is -2.16. The summed E-state index contributed by atoms with van der Waals surface area (Å²) in [6.07, 6.45) is 0.789. The summed E-state index contributed by atoms with van der Waals surface area (Å²) in [5.41, 5.74) is 3.71. The van der Waals surface area contributed by atoms with Crippen molar-refractivity contribution in [2.75, 3.05) is 13.2 Å². The predicted octanol–water partition coefficient (Wildman–Crippen LogP) is 2.63. The third kappa shape index (κ3) is 3.42. The molecule has 0 aliphatic rings. The Morgan fingerprint density at radius 2 is 1.94 bits per heavy atom. The van der Waals surface area contributed by atoms with E-state index in [1.165, 1.54) is 16.7 Å². The van der Waals surface area contributed by atoms with Gasteiger partial charge in [-0.15, -0.1) is 0 Å². The van der Waals surface area contributed by atoms with E-state index in [-0.39, 0.29) is 6.61 Å². The van der Waals surface area contributed by atoms with Crippen LogP contribution in [0.1, 0.15) is 12.0 Å². The monoisotopic (exact) mass is 240 g/mol. The average Bonchev–Trinajstić information content (AvgIpc) is 2.45. The van der Waals surface area contributed by atoms with Crippen LogP contribution in [0.15, 0.2) is 48.5 Å². The molecule has 0 saturated heterocycles. The molecule has 2 nitrogen and oxygen atoms in total. The molecular formula is C16H18NO. The van der Waals surface area contributed by atoms with Crippen LogP contribution in [0.25, 0.3) is 11.1 Å². The van der Waals surface area contributed by atoms with E-state index in [4.69, 9.17) is 5.11 Å². The molecule has 0 atom stereocenters. The van der Waals surface area contributed by atoms with Crippen LogP contribution in [0.2, 0.25) is 0 Å². The first-order chi connectivity index (χ1) is 8.92. The highest BCUT2D eigenvalue weighted by Gasteiger charge is 2.03. The van der Waals surface area contributed by atoms with Gasteiger partial charge in [-0.2, -0.15) is 0 Å². The van der Waals surface area contributed by atoms with Gasteiger partial charge in [0.1, 0.15) is 0 Å². The minimum atomic E-state index is 0.236. The fraction of sp³-hybridized carbons (Fsp3) is 0.250. The van der Waals surface area contributed by atoms with Gasteiger partial charge < -0.3 is 10.4 Å². The van der Waals surface area contributed by atoms with Crippen LogP contribution < -0.4 is 5.32 Å². The van der Waals surface area contributed by atoms with Crippen molar-refractivity contribution in [3.05, 3.63) is 60.2 Å². The molecule has 0 aromatic heterocycles. The van der Waals surface area contributed by atoms with Gasteiger partial charge in [0.05, 0.1) is 0 Å². The Balaban J connectivity index is 2.11. The molecule has 0 fully saturated rings. The van der Waals surface area contributed by atoms with Gasteiger partial charge in [0.25, 0.3) is 0 Å². The minimum absolute atomic E-state index is 0.236. The van der Waals surface area contributed by atoms with Crippen LogP contribution in [0, 0.1) is 6.07 Å². The van der Waals surface area contributed by atoms with Gasteiger partial charge in [0.15, 0.2) is 0 Å². The summed E-state index contributed by atoms with van der Waals surface area (Å²) >= 11 is 0. The molecule has 2 aromatic rings. The molecule has 0 saturated carbocycles. The lowest BCUT2D eigenvalue weighted by atomic mass is 10.00. The van der Waals surface area contributed by atoms with Crippen molar-refractivity contribution < 1.29 is 5.11 Å². The van der Waals surface area contributed by atoms with E-state index in [9.17, 15) is 0 Å². The fourth-order valence-corrected chi connectivity index (χ4v) is 1.94. The molecule has 2 rings (SSSR count). The lowest BCUT2D eigenvalue weighted by Gasteiger charge is -2.10. The van der Waals surface area contributed by atoms with Crippen LogP contribution in [0.3, 0.4) is 0 Å². The molecular weight excluding hydrogens is 222 g/mol. The summed E-state index contributed by atoms with van der Waals surface area (Å²) in [5, 5.41) is 12.1. The standard InChI is InChI=1S/C16H18NO/c18-12-6-11-17-13-15-9-4-5-10-16(15)14-7-2-1-3-8-14/h1-3,5,7-10,17-18H,6,11-13H2. The van der Waals surface area contributed by atoms with Crippen LogP contribution in [0.5, 0.6) is 0 Å². The third-order valence-corrected chi connectivity index (χ3v) is 2.86. The van der Waals surface area contributed by atoms with Crippen molar-refractivity contribution >= 4 is 0 Å². The largest absolute Gasteiger partial charge is 0.396 e. The van der Waals surface area contributed by atoms with E-state index in [2.05, 4.69) is 41.7 Å². The lowest BCUT2D eigenvalue weighted by molar-refractivity contribution is 0.286. The number of hydrogen-bond donors (Lipinski definition) is 2. The summed E-state index contributed by atoms with van der Waals surface area (Å²) in [5.74, 6) is 0. The maximum absolute atomic E-state index is 8.75. The van der Waals surface area contributed by atoms with E-state index in [1.807, 2.05) is 18.2 Å². The predicted molar refractivity (Wildman–Crippen MR) is 74.1 cm³/mol. The summed E-state index contributed by atoms with van der Waals surface area (Å²) in [4.78, 5) is 0. The zero-order chi connectivity index (χ0) is 12.6. The van der Waals surface area contributed by atoms with Crippen molar-refractivity contribution in [3.8, 4) is 11.1 Å². The second-order valence-corrected chi connectivity index (χ2v) is 4.20. The Hall–Kier alpha value is -1.64. The summed E-state index contributed by atoms with van der Waals surface area (Å²) < 4.78 is 0. The molecule has 0 amide bonds. The first-order valence-electron chi connectivity index (χ1n) is 6.28. The number of rotatable bonds is 6. The molecule has 0 aliphatic carbocycles. The molecule has 18 heavy (non-hydrogen) atoms. The third-order valence-electron chi connectivity index (χ3n) is 2.86. The van der Waals surface area contributed by atoms with E-state index in [1.54, 1.807) is 0 Å². The fourth-order valence-electron chi connectivity index (χ4n) is 1.94. The molecule has 2 heteroatoms. The smallest absolute Gasteiger partial charge is 0.0443 e. The van der Waals surface area contributed by atoms with E-state index in [0.717, 1.165) is 19.5 Å². The molecule has 0 bridgehead atoms. The second-order valence-electron chi connectivity index (χ2n) is 4.20. The minimum Gasteiger partial charge on any atom is -0.396 e. The highest BCUT2D eigenvalue weighted by atomic mass is 16.3. The highest BCUT2D eigenvalue weighted by molar-refractivity contribution is 5.67. The van der Waals surface area contributed by atoms with Crippen molar-refractivity contribution in [1.82, 2.24) is 5.32 Å². The maximum atomic E-state index is 8.75. The number of nitrogens with one attached hydrogen (secondary N) is 1. The van der Waals surface area contributed by atoms with Gasteiger partial charge in [-0.3, -0.25) is 0 Å². The topological polar surface area (TPSA) is 32.3 Å². The van der Waals surface area contributed by atoms with Crippen molar-refractivity contribution in [2.45, 2.75) is 13.0 Å². The van der Waals surface area contributed by atoms with Gasteiger partial charge in [-0.25, -0.2) is 0 Å². The average molecular weight is 240 g/mol. The van der Waals surface area contributed by atoms with Gasteiger partial charge in [0, 0.05) is 13.2 Å². The van der Waals surface area contributed by atoms with Crippen molar-refractivity contribution in [1.29, 1.82) is 0 Å². The van der Waals surface area contributed by atoms with Crippen LogP contribution >= 0.6 is 0 Å². The summed E-state index contributed by atoms with van der Waals surface area (Å²) in [7, 11) is 0. The second kappa shape index (κ2) is 6.94. The van der Waals surface area contributed by atoms with E-state index < -0.39 is 0 Å². The maximum Gasteiger partial charge on any atom is 0.0443 e. The molecule has 0 heterocycles. The number of hydrogen-bond acceptors (Lipinski definition) is 2. The van der Waals surface area contributed by atoms with E-state index >= 15 is 0 Å². The first-order valence-corrected chi connectivity index (χ1v) is 6.28. The number of aliphatic hydroxyl groups excluding tert-OH is 1. The van der Waals surface area contributed by atoms with Gasteiger partial charge in [0.2, 0.25) is 0 Å². The molecule has 2 N–H and O–H groups in total. The summed E-state index contributed by atoms with van der Waals surface area (Å²) in [6.45, 7) is 1.88. The Kier molecular flexibility index (Phi) is 4.94. The van der Waals surface area contributed by atoms with E-state index in [0.29, 0.717) is 0 Å². The Bertz CT molecular complexity index is 468. The first kappa shape index (κ1) is 12.8. The van der Waals surface area contributed by atoms with Gasteiger partial charge >= 0.3 is 0 Å². The van der Waals surface area contributed by atoms with Crippen LogP contribution in [-0.4, -0.2) is 18.3 Å². The molecule has 0 unspecified atom stereocenters. The normalized spacial score (nSPS) is 10.5. The quantitative estimate of drug-likeness (QED) is 0.761. The molecule has 93 valence electrons. The van der Waals surface area contributed by atoms with Gasteiger partial charge in [-0.1, -0.05) is 42.5 Å². The number of aliphatic hydroxyl groups is 1. The van der Waals surface area contributed by atoms with Crippen LogP contribution in [0.4, 0.5) is 0 Å².